The molecule has 1 saturated heterocycles. The summed E-state index contributed by atoms with van der Waals surface area (Å²) >= 11 is 3.35. The van der Waals surface area contributed by atoms with Crippen LogP contribution in [-0.4, -0.2) is 48.5 Å². The van der Waals surface area contributed by atoms with E-state index in [0.717, 1.165) is 47.5 Å². The van der Waals surface area contributed by atoms with Crippen LogP contribution in [0.3, 0.4) is 0 Å². The highest BCUT2D eigenvalue weighted by atomic mass is 79.9. The fraction of sp³-hybridized carbons (Fsp3) is 0.259. The van der Waals surface area contributed by atoms with Crippen molar-refractivity contribution in [3.63, 3.8) is 0 Å². The Bertz CT molecular complexity index is 1440. The predicted octanol–water partition coefficient (Wildman–Crippen LogP) is 4.98. The maximum absolute atomic E-state index is 12.8. The Morgan fingerprint density at radius 2 is 1.81 bits per heavy atom. The first-order valence-corrected chi connectivity index (χ1v) is 13.1. The molecule has 0 radical (unpaired) electrons. The molecule has 2 fully saturated rings. The third kappa shape index (κ3) is 4.03. The molecule has 2 N–H and O–H groups in total. The summed E-state index contributed by atoms with van der Waals surface area (Å²) < 4.78 is 7.91. The molecule has 0 spiro atoms. The molecule has 36 heavy (non-hydrogen) atoms. The van der Waals surface area contributed by atoms with Gasteiger partial charge in [0.15, 0.2) is 5.65 Å². The summed E-state index contributed by atoms with van der Waals surface area (Å²) in [5.74, 6) is 2.40. The van der Waals surface area contributed by atoms with Gasteiger partial charge < -0.3 is 15.4 Å². The molecule has 1 saturated carbocycles. The van der Waals surface area contributed by atoms with E-state index in [4.69, 9.17) is 15.6 Å². The average molecular weight is 545 g/mol. The molecule has 4 aromatic rings. The van der Waals surface area contributed by atoms with E-state index in [9.17, 15) is 4.79 Å². The van der Waals surface area contributed by atoms with Crippen LogP contribution in [0.1, 0.15) is 18.9 Å². The van der Waals surface area contributed by atoms with Gasteiger partial charge in [0.05, 0.1) is 17.5 Å². The first-order chi connectivity index (χ1) is 17.6. The van der Waals surface area contributed by atoms with E-state index in [2.05, 4.69) is 25.9 Å². The fourth-order valence-corrected chi connectivity index (χ4v) is 5.67. The molecule has 3 heterocycles. The number of aromatic nitrogens is 4. The maximum Gasteiger partial charge on any atom is 0.246 e. The first kappa shape index (κ1) is 22.7. The van der Waals surface area contributed by atoms with Gasteiger partial charge in [-0.1, -0.05) is 40.2 Å². The monoisotopic (exact) mass is 544 g/mol. The third-order valence-electron chi connectivity index (χ3n) is 7.02. The summed E-state index contributed by atoms with van der Waals surface area (Å²) in [6.07, 6.45) is 6.90. The smallest absolute Gasteiger partial charge is 0.246 e. The number of carbonyl (C=O) groups excluding carboxylic acids is 1. The quantitative estimate of drug-likeness (QED) is 0.271. The van der Waals surface area contributed by atoms with Crippen molar-refractivity contribution >= 4 is 38.7 Å². The zero-order chi connectivity index (χ0) is 24.6. The van der Waals surface area contributed by atoms with Gasteiger partial charge in [0.2, 0.25) is 5.91 Å². The van der Waals surface area contributed by atoms with Gasteiger partial charge in [0.1, 0.15) is 29.3 Å². The molecule has 3 atom stereocenters. The summed E-state index contributed by atoms with van der Waals surface area (Å²) in [5.41, 5.74) is 8.67. The minimum atomic E-state index is 0.0382. The normalized spacial score (nSPS) is 21.0. The second-order valence-electron chi connectivity index (χ2n) is 9.21. The first-order valence-electron chi connectivity index (χ1n) is 12.0. The number of carbonyl (C=O) groups is 1. The number of para-hydroxylation sites is 1. The standard InChI is InChI=1S/C27H25BrN6O2/c28-12-4-7-23(35)33-15-17-13-21(33)22(14-17)34-27-24(26(29)30-16-31-27)25(32-34)18-8-10-20(11-9-18)36-19-5-2-1-3-6-19/h1-11,16-17,21-22H,12-15H2,(H2,29,30,31)/b7-4+. The topological polar surface area (TPSA) is 99.2 Å². The number of benzene rings is 2. The van der Waals surface area contributed by atoms with Crippen molar-refractivity contribution in [1.29, 1.82) is 0 Å². The number of rotatable bonds is 6. The van der Waals surface area contributed by atoms with Crippen molar-refractivity contribution in [1.82, 2.24) is 24.6 Å². The van der Waals surface area contributed by atoms with E-state index in [-0.39, 0.29) is 18.0 Å². The van der Waals surface area contributed by atoms with Crippen molar-refractivity contribution in [2.45, 2.75) is 24.9 Å². The Balaban J connectivity index is 1.35. The van der Waals surface area contributed by atoms with E-state index in [1.54, 1.807) is 6.08 Å². The lowest BCUT2D eigenvalue weighted by Gasteiger charge is -2.32. The second-order valence-corrected chi connectivity index (χ2v) is 9.86. The van der Waals surface area contributed by atoms with Gasteiger partial charge in [-0.25, -0.2) is 14.6 Å². The number of anilines is 1. The van der Waals surface area contributed by atoms with Gasteiger partial charge in [-0.3, -0.25) is 4.79 Å². The van der Waals surface area contributed by atoms with Crippen molar-refractivity contribution in [3.05, 3.63) is 73.1 Å². The highest BCUT2D eigenvalue weighted by molar-refractivity contribution is 9.09. The van der Waals surface area contributed by atoms with Gasteiger partial charge in [-0.2, -0.15) is 5.10 Å². The SMILES string of the molecule is Nc1ncnc2c1c(-c1ccc(Oc3ccccc3)cc1)nn2C1CC2CC1N(C(=O)/C=C/CBr)C2. The number of amides is 1. The van der Waals surface area contributed by atoms with Gasteiger partial charge >= 0.3 is 0 Å². The van der Waals surface area contributed by atoms with Gasteiger partial charge in [0.25, 0.3) is 0 Å². The zero-order valence-electron chi connectivity index (χ0n) is 19.5. The fourth-order valence-electron chi connectivity index (χ4n) is 5.48. The van der Waals surface area contributed by atoms with Crippen molar-refractivity contribution < 1.29 is 9.53 Å². The summed E-state index contributed by atoms with van der Waals surface area (Å²) in [6.45, 7) is 0.790. The molecule has 3 unspecified atom stereocenters. The van der Waals surface area contributed by atoms with Crippen LogP contribution in [0.25, 0.3) is 22.3 Å². The Hall–Kier alpha value is -3.72. The molecule has 2 aromatic heterocycles. The largest absolute Gasteiger partial charge is 0.457 e. The van der Waals surface area contributed by atoms with Crippen molar-refractivity contribution in [2.24, 2.45) is 5.92 Å². The number of likely N-dealkylation sites (tertiary alicyclic amines) is 1. The Kier molecular flexibility index (Phi) is 5.92. The van der Waals surface area contributed by atoms with Gasteiger partial charge in [-0.15, -0.1) is 0 Å². The van der Waals surface area contributed by atoms with Crippen LogP contribution in [-0.2, 0) is 4.79 Å². The van der Waals surface area contributed by atoms with E-state index in [1.807, 2.05) is 70.3 Å². The molecule has 1 aliphatic heterocycles. The van der Waals surface area contributed by atoms with E-state index < -0.39 is 0 Å². The number of hydrogen-bond donors (Lipinski definition) is 1. The lowest BCUT2D eigenvalue weighted by atomic mass is 10.1. The molecule has 6 rings (SSSR count). The number of nitrogens with zero attached hydrogens (tertiary/aromatic N) is 5. The van der Waals surface area contributed by atoms with Crippen LogP contribution in [0.15, 0.2) is 73.1 Å². The molecule has 9 heteroatoms. The molecule has 2 aliphatic rings. The summed E-state index contributed by atoms with van der Waals surface area (Å²) in [5, 5.41) is 6.41. The Labute approximate surface area is 216 Å². The number of hydrogen-bond acceptors (Lipinski definition) is 6. The molecule has 1 amide bonds. The van der Waals surface area contributed by atoms with Gasteiger partial charge in [0, 0.05) is 17.4 Å². The highest BCUT2D eigenvalue weighted by Crippen LogP contribution is 2.46. The summed E-state index contributed by atoms with van der Waals surface area (Å²) in [4.78, 5) is 23.6. The average Bonchev–Trinajstić information content (AvgIpc) is 3.62. The second kappa shape index (κ2) is 9.39. The van der Waals surface area contributed by atoms with Crippen molar-refractivity contribution in [3.8, 4) is 22.8 Å². The Morgan fingerprint density at radius 1 is 1.06 bits per heavy atom. The zero-order valence-corrected chi connectivity index (χ0v) is 21.1. The number of alkyl halides is 1. The summed E-state index contributed by atoms with van der Waals surface area (Å²) in [6, 6.07) is 17.6. The highest BCUT2D eigenvalue weighted by Gasteiger charge is 2.48. The molecule has 2 aromatic carbocycles. The van der Waals surface area contributed by atoms with Crippen LogP contribution in [0.2, 0.25) is 0 Å². The molecular formula is C27H25BrN6O2. The molecule has 182 valence electrons. The minimum Gasteiger partial charge on any atom is -0.457 e. The lowest BCUT2D eigenvalue weighted by molar-refractivity contribution is -0.128. The van der Waals surface area contributed by atoms with E-state index >= 15 is 0 Å². The minimum absolute atomic E-state index is 0.0382. The molecular weight excluding hydrogens is 520 g/mol. The van der Waals surface area contributed by atoms with Crippen LogP contribution in [0.4, 0.5) is 5.82 Å². The molecule has 8 nitrogen and oxygen atoms in total. The van der Waals surface area contributed by atoms with E-state index in [1.165, 1.54) is 6.33 Å². The van der Waals surface area contributed by atoms with Crippen LogP contribution >= 0.6 is 15.9 Å². The Morgan fingerprint density at radius 3 is 2.56 bits per heavy atom. The number of piperidine rings is 1. The van der Waals surface area contributed by atoms with Crippen LogP contribution in [0.5, 0.6) is 11.5 Å². The van der Waals surface area contributed by atoms with Crippen LogP contribution in [0, 0.1) is 5.92 Å². The molecule has 1 aliphatic carbocycles. The predicted molar refractivity (Wildman–Crippen MR) is 142 cm³/mol. The maximum atomic E-state index is 12.8. The lowest BCUT2D eigenvalue weighted by Crippen LogP contribution is -2.42. The van der Waals surface area contributed by atoms with Gasteiger partial charge in [-0.05, 0) is 61.2 Å². The third-order valence-corrected chi connectivity index (χ3v) is 7.39. The number of allylic oxidation sites excluding steroid dienone is 1. The number of nitrogens with two attached hydrogens (primary N) is 1. The summed E-state index contributed by atoms with van der Waals surface area (Å²) in [7, 11) is 0. The van der Waals surface area contributed by atoms with E-state index in [0.29, 0.717) is 22.7 Å². The van der Waals surface area contributed by atoms with Crippen LogP contribution < -0.4 is 10.5 Å². The number of fused-ring (bicyclic) bond motifs is 3. The number of halogens is 1. The number of ether oxygens (including phenoxy) is 1. The molecule has 2 bridgehead atoms. The van der Waals surface area contributed by atoms with Crippen molar-refractivity contribution in [2.75, 3.05) is 17.6 Å². The number of nitrogen functional groups attached to an aromatic ring is 1.